The van der Waals surface area contributed by atoms with E-state index in [1.54, 1.807) is 36.4 Å². The van der Waals surface area contributed by atoms with Crippen molar-refractivity contribution >= 4 is 17.6 Å². The number of aryl methyl sites for hydroxylation is 2. The Labute approximate surface area is 196 Å². The quantitative estimate of drug-likeness (QED) is 0.417. The molecule has 1 aliphatic rings. The number of esters is 1. The fraction of sp³-hybridized carbons (Fsp3) is 0.154. The molecule has 3 aromatic rings. The molecule has 0 saturated carbocycles. The van der Waals surface area contributed by atoms with Gasteiger partial charge in [-0.1, -0.05) is 47.5 Å². The molecule has 33 heavy (non-hydrogen) atoms. The van der Waals surface area contributed by atoms with Crippen LogP contribution in [0.5, 0.6) is 17.2 Å². The Morgan fingerprint density at radius 2 is 1.88 bits per heavy atom. The van der Waals surface area contributed by atoms with Crippen LogP contribution in [0.1, 0.15) is 28.2 Å². The van der Waals surface area contributed by atoms with Crippen LogP contribution >= 0.6 is 11.6 Å². The first kappa shape index (κ1) is 22.3. The van der Waals surface area contributed by atoms with Gasteiger partial charge in [0.05, 0.1) is 5.92 Å². The van der Waals surface area contributed by atoms with E-state index in [0.29, 0.717) is 22.1 Å². The maximum absolute atomic E-state index is 12.3. The molecule has 0 saturated heterocycles. The zero-order chi connectivity index (χ0) is 23.5. The van der Waals surface area contributed by atoms with Crippen LogP contribution in [0.2, 0.25) is 5.02 Å². The first-order chi connectivity index (χ1) is 15.9. The fourth-order valence-corrected chi connectivity index (χ4v) is 3.90. The van der Waals surface area contributed by atoms with Gasteiger partial charge in [0.25, 0.3) is 0 Å². The van der Waals surface area contributed by atoms with E-state index in [1.807, 2.05) is 38.1 Å². The molecule has 0 amide bonds. The summed E-state index contributed by atoms with van der Waals surface area (Å²) in [5.41, 5.74) is 9.99. The van der Waals surface area contributed by atoms with Gasteiger partial charge in [-0.25, -0.2) is 4.79 Å². The predicted octanol–water partition coefficient (Wildman–Crippen LogP) is 5.16. The molecule has 0 radical (unpaired) electrons. The lowest BCUT2D eigenvalue weighted by atomic mass is 9.83. The Kier molecular flexibility index (Phi) is 6.25. The summed E-state index contributed by atoms with van der Waals surface area (Å²) in [7, 11) is 0. The first-order valence-electron chi connectivity index (χ1n) is 10.2. The summed E-state index contributed by atoms with van der Waals surface area (Å²) < 4.78 is 16.6. The van der Waals surface area contributed by atoms with E-state index in [0.717, 1.165) is 22.3 Å². The number of rotatable bonds is 5. The topological polar surface area (TPSA) is 94.6 Å². The summed E-state index contributed by atoms with van der Waals surface area (Å²) in [5, 5.41) is 10.3. The highest BCUT2D eigenvalue weighted by atomic mass is 35.5. The number of allylic oxidation sites excluding steroid dienone is 1. The van der Waals surface area contributed by atoms with Crippen molar-refractivity contribution in [3.63, 3.8) is 0 Å². The maximum atomic E-state index is 12.3. The number of fused-ring (bicyclic) bond motifs is 1. The van der Waals surface area contributed by atoms with Gasteiger partial charge in [0.15, 0.2) is 6.61 Å². The number of halogens is 1. The molecule has 1 heterocycles. The Balaban J connectivity index is 1.53. The Bertz CT molecular complexity index is 1290. The number of nitrogens with two attached hydrogens (primary N) is 1. The van der Waals surface area contributed by atoms with Gasteiger partial charge in [0.2, 0.25) is 5.88 Å². The summed E-state index contributed by atoms with van der Waals surface area (Å²) in [6, 6.07) is 20.2. The summed E-state index contributed by atoms with van der Waals surface area (Å²) in [6.07, 6.45) is 0. The summed E-state index contributed by atoms with van der Waals surface area (Å²) in [4.78, 5) is 12.3. The smallest absolute Gasteiger partial charge is 0.349 e. The van der Waals surface area contributed by atoms with Gasteiger partial charge >= 0.3 is 5.97 Å². The molecule has 4 rings (SSSR count). The average Bonchev–Trinajstić information content (AvgIpc) is 2.78. The molecule has 0 spiro atoms. The Morgan fingerprint density at radius 3 is 2.58 bits per heavy atom. The van der Waals surface area contributed by atoms with E-state index in [1.165, 1.54) is 0 Å². The van der Waals surface area contributed by atoms with Gasteiger partial charge in [-0.3, -0.25) is 0 Å². The molecule has 2 N–H and O–H groups in total. The molecule has 0 bridgehead atoms. The van der Waals surface area contributed by atoms with Crippen molar-refractivity contribution in [3.05, 3.63) is 99.4 Å². The number of carbonyl (C=O) groups excluding carboxylic acids is 1. The third-order valence-corrected chi connectivity index (χ3v) is 5.55. The van der Waals surface area contributed by atoms with E-state index in [9.17, 15) is 10.1 Å². The molecule has 0 aromatic heterocycles. The van der Waals surface area contributed by atoms with Gasteiger partial charge in [0, 0.05) is 16.7 Å². The molecule has 1 unspecified atom stereocenters. The second-order valence-corrected chi connectivity index (χ2v) is 8.14. The van der Waals surface area contributed by atoms with Crippen molar-refractivity contribution in [1.82, 2.24) is 0 Å². The monoisotopic (exact) mass is 460 g/mol. The van der Waals surface area contributed by atoms with Crippen molar-refractivity contribution in [2.24, 2.45) is 5.73 Å². The Morgan fingerprint density at radius 1 is 1.12 bits per heavy atom. The lowest BCUT2D eigenvalue weighted by molar-refractivity contribution is -0.136. The minimum absolute atomic E-state index is 0.0283. The van der Waals surface area contributed by atoms with Crippen LogP contribution in [0.3, 0.4) is 0 Å². The summed E-state index contributed by atoms with van der Waals surface area (Å²) in [6.45, 7) is 3.56. The van der Waals surface area contributed by atoms with Crippen molar-refractivity contribution in [2.45, 2.75) is 19.8 Å². The third kappa shape index (κ3) is 4.79. The Hall–Kier alpha value is -3.95. The second-order valence-electron chi connectivity index (χ2n) is 7.71. The number of carbonyl (C=O) groups is 1. The molecule has 0 fully saturated rings. The number of hydrogen-bond donors (Lipinski definition) is 1. The SMILES string of the molecule is Cc1ccc(C2C(C#N)=C(N)Oc3cc(OC(=O)COc4ccc(Cl)cc4C)ccc32)cc1. The molecule has 0 aliphatic carbocycles. The highest BCUT2D eigenvalue weighted by Gasteiger charge is 2.31. The number of ether oxygens (including phenoxy) is 3. The van der Waals surface area contributed by atoms with Crippen LogP contribution in [0.4, 0.5) is 0 Å². The van der Waals surface area contributed by atoms with Crippen LogP contribution in [0.25, 0.3) is 0 Å². The van der Waals surface area contributed by atoms with Gasteiger partial charge < -0.3 is 19.9 Å². The number of benzene rings is 3. The minimum atomic E-state index is -0.573. The third-order valence-electron chi connectivity index (χ3n) is 5.32. The van der Waals surface area contributed by atoms with Crippen LogP contribution in [-0.4, -0.2) is 12.6 Å². The largest absolute Gasteiger partial charge is 0.482 e. The fourth-order valence-electron chi connectivity index (χ4n) is 3.67. The van der Waals surface area contributed by atoms with Gasteiger partial charge in [-0.05, 0) is 49.2 Å². The van der Waals surface area contributed by atoms with Crippen LogP contribution in [-0.2, 0) is 4.79 Å². The highest BCUT2D eigenvalue weighted by molar-refractivity contribution is 6.30. The molecule has 7 heteroatoms. The van der Waals surface area contributed by atoms with Gasteiger partial charge in [0.1, 0.15) is 28.9 Å². The molecular weight excluding hydrogens is 440 g/mol. The highest BCUT2D eigenvalue weighted by Crippen LogP contribution is 2.43. The number of nitrogens with zero attached hydrogens (tertiary/aromatic N) is 1. The second kappa shape index (κ2) is 9.27. The van der Waals surface area contributed by atoms with Crippen LogP contribution in [0.15, 0.2) is 72.1 Å². The molecular formula is C26H21ClN2O4. The lowest BCUT2D eigenvalue weighted by Gasteiger charge is -2.26. The van der Waals surface area contributed by atoms with E-state index in [4.69, 9.17) is 31.5 Å². The van der Waals surface area contributed by atoms with Crippen LogP contribution < -0.4 is 19.9 Å². The molecule has 166 valence electrons. The molecule has 1 atom stereocenters. The van der Waals surface area contributed by atoms with E-state index >= 15 is 0 Å². The van der Waals surface area contributed by atoms with Crippen molar-refractivity contribution in [3.8, 4) is 23.3 Å². The predicted molar refractivity (Wildman–Crippen MR) is 124 cm³/mol. The molecule has 3 aromatic carbocycles. The summed E-state index contributed by atoms with van der Waals surface area (Å²) >= 11 is 5.94. The zero-order valence-corrected chi connectivity index (χ0v) is 18.8. The average molecular weight is 461 g/mol. The van der Waals surface area contributed by atoms with Crippen molar-refractivity contribution in [1.29, 1.82) is 5.26 Å². The van der Waals surface area contributed by atoms with Crippen molar-refractivity contribution < 1.29 is 19.0 Å². The van der Waals surface area contributed by atoms with Gasteiger partial charge in [-0.15, -0.1) is 0 Å². The minimum Gasteiger partial charge on any atom is -0.482 e. The first-order valence-corrected chi connectivity index (χ1v) is 10.6. The molecule has 6 nitrogen and oxygen atoms in total. The van der Waals surface area contributed by atoms with Gasteiger partial charge in [-0.2, -0.15) is 5.26 Å². The zero-order valence-electron chi connectivity index (χ0n) is 18.1. The lowest BCUT2D eigenvalue weighted by Crippen LogP contribution is -2.21. The summed E-state index contributed by atoms with van der Waals surface area (Å²) in [5.74, 6) is 0.341. The number of hydrogen-bond acceptors (Lipinski definition) is 6. The maximum Gasteiger partial charge on any atom is 0.349 e. The van der Waals surface area contributed by atoms with Crippen LogP contribution in [0, 0.1) is 25.2 Å². The van der Waals surface area contributed by atoms with E-state index < -0.39 is 5.97 Å². The standard InChI is InChI=1S/C26H21ClN2O4/c1-15-3-5-17(6-4-15)25-20-9-8-19(12-23(20)33-26(29)21(25)13-28)32-24(30)14-31-22-10-7-18(27)11-16(22)2/h3-12,25H,14,29H2,1-2H3. The normalized spacial score (nSPS) is 14.7. The number of nitriles is 1. The molecule has 1 aliphatic heterocycles. The van der Waals surface area contributed by atoms with Crippen molar-refractivity contribution in [2.75, 3.05) is 6.61 Å². The van der Waals surface area contributed by atoms with E-state index in [-0.39, 0.29) is 24.2 Å². The van der Waals surface area contributed by atoms with E-state index in [2.05, 4.69) is 6.07 Å².